The Morgan fingerprint density at radius 3 is 0.609 bits per heavy atom. The Hall–Kier alpha value is -0.560. The minimum Gasteiger partial charge on any atom is -0.312 e. The Bertz CT molecular complexity index is 546. The molecule has 0 bridgehead atoms. The van der Waals surface area contributed by atoms with E-state index in [4.69, 9.17) is 0 Å². The van der Waals surface area contributed by atoms with E-state index in [2.05, 4.69) is 219 Å². The van der Waals surface area contributed by atoms with Crippen LogP contribution in [0.2, 0.25) is 0 Å². The molecule has 286 valence electrons. The maximum Gasteiger partial charge on any atom is 0.118 e. The van der Waals surface area contributed by atoms with Gasteiger partial charge in [-0.1, -0.05) is 0 Å². The van der Waals surface area contributed by atoms with Gasteiger partial charge in [-0.05, 0) is 162 Å². The molecule has 0 unspecified atom stereocenters. The van der Waals surface area contributed by atoms with E-state index in [9.17, 15) is 0 Å². The monoisotopic (exact) mass is 669 g/mol. The van der Waals surface area contributed by atoms with E-state index in [1.807, 2.05) is 26.0 Å². The molecule has 14 heteroatoms. The predicted octanol–water partition coefficient (Wildman–Crippen LogP) is -0.151. The quantitative estimate of drug-likeness (QED) is 0.162. The normalized spacial score (nSPS) is 12.0. The van der Waals surface area contributed by atoms with Gasteiger partial charge in [0.1, 0.15) is 6.29 Å². The van der Waals surface area contributed by atoms with Gasteiger partial charge in [0.2, 0.25) is 0 Å². The third-order valence-corrected chi connectivity index (χ3v) is 4.94. The van der Waals surface area contributed by atoms with Crippen LogP contribution in [0.15, 0.2) is 0 Å². The summed E-state index contributed by atoms with van der Waals surface area (Å²) in [6.07, 6.45) is 0.389. The first kappa shape index (κ1) is 54.9. The van der Waals surface area contributed by atoms with Crippen LogP contribution in [0, 0.1) is 0 Å². The van der Waals surface area contributed by atoms with Crippen molar-refractivity contribution in [2.45, 2.75) is 6.29 Å². The molecule has 0 aliphatic heterocycles. The van der Waals surface area contributed by atoms with Crippen molar-refractivity contribution in [3.05, 3.63) is 0 Å². The fraction of sp³-hybridized carbons (Fsp3) is 1.00. The first-order chi connectivity index (χ1) is 20.7. The van der Waals surface area contributed by atoms with E-state index in [0.717, 1.165) is 40.0 Å². The van der Waals surface area contributed by atoms with Crippen molar-refractivity contribution >= 4 is 0 Å². The lowest BCUT2D eigenvalue weighted by molar-refractivity contribution is -0.0441. The molecular weight excluding hydrogens is 580 g/mol. The molecule has 0 aliphatic carbocycles. The second-order valence-electron chi connectivity index (χ2n) is 15.0. The van der Waals surface area contributed by atoms with Crippen LogP contribution >= 0.6 is 0 Å². The van der Waals surface area contributed by atoms with Gasteiger partial charge in [-0.15, -0.1) is 0 Å². The fourth-order valence-electron chi connectivity index (χ4n) is 4.37. The van der Waals surface area contributed by atoms with Gasteiger partial charge >= 0.3 is 0 Å². The van der Waals surface area contributed by atoms with Gasteiger partial charge in [0, 0.05) is 20.8 Å². The molecule has 0 aromatic carbocycles. The van der Waals surface area contributed by atoms with Crippen LogP contribution in [-0.4, -0.2) is 291 Å². The SMILES string of the molecule is CN(C)C.CN(C)C(N(C)C)N(C)C.CN(C)CN(C)C.CN(C)CN(C)CN(C)CN(C)C.CN(C)CN(CN(C)C)N(C)C. The van der Waals surface area contributed by atoms with Crippen molar-refractivity contribution in [1.82, 2.24) is 68.8 Å². The highest BCUT2D eigenvalue weighted by Gasteiger charge is 2.14. The highest BCUT2D eigenvalue weighted by Crippen LogP contribution is 1.98. The van der Waals surface area contributed by atoms with Crippen LogP contribution in [0.3, 0.4) is 0 Å². The number of hydrogen-bond acceptors (Lipinski definition) is 14. The summed E-state index contributed by atoms with van der Waals surface area (Å²) in [6, 6.07) is 0. The molecule has 0 saturated heterocycles. The van der Waals surface area contributed by atoms with Crippen molar-refractivity contribution < 1.29 is 0 Å². The summed E-state index contributed by atoms with van der Waals surface area (Å²) in [4.78, 5) is 26.0. The molecule has 0 saturated carbocycles. The number of nitrogens with zero attached hydrogens (tertiary/aromatic N) is 14. The van der Waals surface area contributed by atoms with Crippen molar-refractivity contribution in [2.75, 3.05) is 216 Å². The second-order valence-corrected chi connectivity index (χ2v) is 15.0. The molecule has 0 spiro atoms. The highest BCUT2D eigenvalue weighted by atomic mass is 15.7. The molecule has 0 amide bonds. The molecular formula is C32H88N14. The van der Waals surface area contributed by atoms with Gasteiger partial charge < -0.3 is 4.90 Å². The lowest BCUT2D eigenvalue weighted by atomic mass is 10.6. The molecule has 0 N–H and O–H groups in total. The summed E-state index contributed by atoms with van der Waals surface area (Å²) < 4.78 is 0. The summed E-state index contributed by atoms with van der Waals surface area (Å²) in [7, 11) is 51.7. The summed E-state index contributed by atoms with van der Waals surface area (Å²) in [5.74, 6) is 0. The largest absolute Gasteiger partial charge is 0.312 e. The molecule has 0 rings (SSSR count). The standard InChI is InChI=1S/C9H24N4.C8H22N4.C7H19N3.C5H14N2.C3H9N/c1-10(2)7-12(5)9-13(6)8-11(3)4;1-9(2)7-12(11(5)6)8-10(3)4;1-8(2)7(9(3)4)10(5)6;1-6(2)5-7(3)4;1-4(2)3/h7-9H2,1-6H3;7-8H2,1-6H3;7H,1-6H3;5H2,1-4H3;1-3H3. The summed E-state index contributed by atoms with van der Waals surface area (Å²) in [6.45, 7) is 5.92. The van der Waals surface area contributed by atoms with Crippen molar-refractivity contribution in [2.24, 2.45) is 0 Å². The van der Waals surface area contributed by atoms with Gasteiger partial charge in [0.05, 0.1) is 33.3 Å². The van der Waals surface area contributed by atoms with Crippen LogP contribution in [0.5, 0.6) is 0 Å². The Labute approximate surface area is 291 Å². The summed E-state index contributed by atoms with van der Waals surface area (Å²) >= 11 is 0. The first-order valence-corrected chi connectivity index (χ1v) is 15.9. The number of rotatable bonds is 16. The van der Waals surface area contributed by atoms with E-state index < -0.39 is 0 Å². The maximum atomic E-state index is 2.28. The van der Waals surface area contributed by atoms with E-state index >= 15 is 0 Å². The molecule has 0 aliphatic rings. The van der Waals surface area contributed by atoms with Gasteiger partial charge in [-0.3, -0.25) is 53.9 Å². The average molecular weight is 669 g/mol. The minimum absolute atomic E-state index is 0.389. The Morgan fingerprint density at radius 2 is 0.500 bits per heavy atom. The van der Waals surface area contributed by atoms with Crippen LogP contribution < -0.4 is 0 Å². The zero-order valence-electron chi connectivity index (χ0n) is 36.1. The zero-order valence-corrected chi connectivity index (χ0v) is 36.1. The molecule has 0 aromatic rings. The van der Waals surface area contributed by atoms with Gasteiger partial charge in [0.25, 0.3) is 0 Å². The average Bonchev–Trinajstić information content (AvgIpc) is 2.75. The van der Waals surface area contributed by atoms with Crippen LogP contribution in [0.25, 0.3) is 0 Å². The van der Waals surface area contributed by atoms with E-state index in [0.29, 0.717) is 6.29 Å². The van der Waals surface area contributed by atoms with E-state index in [-0.39, 0.29) is 0 Å². The molecule has 14 nitrogen and oxygen atoms in total. The van der Waals surface area contributed by atoms with Gasteiger partial charge in [-0.2, -0.15) is 0 Å². The first-order valence-electron chi connectivity index (χ1n) is 15.9. The number of hydrogen-bond donors (Lipinski definition) is 0. The maximum absolute atomic E-state index is 2.28. The lowest BCUT2D eigenvalue weighted by Crippen LogP contribution is -2.50. The van der Waals surface area contributed by atoms with Crippen molar-refractivity contribution in [1.29, 1.82) is 0 Å². The third kappa shape index (κ3) is 50.3. The predicted molar refractivity (Wildman–Crippen MR) is 207 cm³/mol. The van der Waals surface area contributed by atoms with Gasteiger partial charge in [0.15, 0.2) is 0 Å². The topological polar surface area (TPSA) is 45.4 Å². The molecule has 0 heterocycles. The lowest BCUT2D eigenvalue weighted by Gasteiger charge is -2.35. The highest BCUT2D eigenvalue weighted by molar-refractivity contribution is 4.58. The van der Waals surface area contributed by atoms with E-state index in [1.165, 1.54) is 0 Å². The second kappa shape index (κ2) is 33.0. The zero-order chi connectivity index (χ0) is 37.9. The minimum atomic E-state index is 0.389. The van der Waals surface area contributed by atoms with Crippen molar-refractivity contribution in [3.63, 3.8) is 0 Å². The molecule has 0 radical (unpaired) electrons. The van der Waals surface area contributed by atoms with Crippen LogP contribution in [-0.2, 0) is 0 Å². The Morgan fingerprint density at radius 1 is 0.283 bits per heavy atom. The molecule has 0 fully saturated rings. The summed E-state index contributed by atoms with van der Waals surface area (Å²) in [5, 5.41) is 4.36. The summed E-state index contributed by atoms with van der Waals surface area (Å²) in [5.41, 5.74) is 0. The Balaban J connectivity index is -0.000000159. The fourth-order valence-corrected chi connectivity index (χ4v) is 4.37. The molecule has 46 heavy (non-hydrogen) atoms. The third-order valence-electron chi connectivity index (χ3n) is 4.94. The van der Waals surface area contributed by atoms with Crippen LogP contribution in [0.4, 0.5) is 0 Å². The Kier molecular flexibility index (Phi) is 39.3. The molecule has 0 aromatic heterocycles. The molecule has 0 atom stereocenters. The number of hydrazine groups is 1. The van der Waals surface area contributed by atoms with Crippen molar-refractivity contribution in [3.8, 4) is 0 Å². The smallest absolute Gasteiger partial charge is 0.118 e. The van der Waals surface area contributed by atoms with E-state index in [1.54, 1.807) is 0 Å². The van der Waals surface area contributed by atoms with Crippen LogP contribution in [0.1, 0.15) is 0 Å². The van der Waals surface area contributed by atoms with Gasteiger partial charge in [-0.25, -0.2) is 10.0 Å².